The Bertz CT molecular complexity index is 1620. The molecule has 9 nitrogen and oxygen atoms in total. The van der Waals surface area contributed by atoms with Gasteiger partial charge in [0.2, 0.25) is 0 Å². The fraction of sp³-hybridized carbons (Fsp3) is 0.310. The fourth-order valence-corrected chi connectivity index (χ4v) is 5.29. The average molecular weight is 565 g/mol. The van der Waals surface area contributed by atoms with Gasteiger partial charge in [-0.05, 0) is 42.8 Å². The Morgan fingerprint density at radius 3 is 2.41 bits per heavy atom. The maximum absolute atomic E-state index is 14.3. The third-order valence-corrected chi connectivity index (χ3v) is 7.40. The van der Waals surface area contributed by atoms with E-state index in [-0.39, 0.29) is 42.2 Å². The van der Waals surface area contributed by atoms with E-state index in [1.807, 2.05) is 4.90 Å². The molecular weight excluding hydrogens is 537 g/mol. The van der Waals surface area contributed by atoms with Gasteiger partial charge in [-0.25, -0.2) is 9.50 Å². The first-order valence-corrected chi connectivity index (χ1v) is 12.9. The summed E-state index contributed by atoms with van der Waals surface area (Å²) in [6.07, 6.45) is -3.62. The SMILES string of the molecule is COc1ccc(-c2nc3c(C(=O)N4CCN([C@@H](CO)c5ccccc5C#N)CC4)cnn3c(C(F)(F)F)c2C)cc1. The zero-order chi connectivity index (χ0) is 29.3. The number of hydrogen-bond donors (Lipinski definition) is 1. The van der Waals surface area contributed by atoms with E-state index in [0.29, 0.717) is 40.0 Å². The Hall–Kier alpha value is -4.47. The quantitative estimate of drug-likeness (QED) is 0.376. The number of nitrogens with zero attached hydrogens (tertiary/aromatic N) is 6. The van der Waals surface area contributed by atoms with E-state index < -0.39 is 23.8 Å². The van der Waals surface area contributed by atoms with Gasteiger partial charge in [-0.2, -0.15) is 23.5 Å². The molecule has 0 radical (unpaired) electrons. The molecule has 1 amide bonds. The average Bonchev–Trinajstić information content (AvgIpc) is 3.40. The van der Waals surface area contributed by atoms with Crippen molar-refractivity contribution >= 4 is 11.6 Å². The van der Waals surface area contributed by atoms with E-state index in [0.717, 1.165) is 6.20 Å². The van der Waals surface area contributed by atoms with Crippen molar-refractivity contribution in [2.24, 2.45) is 0 Å². The molecule has 0 unspecified atom stereocenters. The van der Waals surface area contributed by atoms with Gasteiger partial charge in [-0.1, -0.05) is 18.2 Å². The number of ether oxygens (including phenoxy) is 1. The number of halogens is 3. The van der Waals surface area contributed by atoms with Crippen LogP contribution in [0.25, 0.3) is 16.9 Å². The van der Waals surface area contributed by atoms with Crippen LogP contribution in [0.5, 0.6) is 5.75 Å². The van der Waals surface area contributed by atoms with Gasteiger partial charge in [0.1, 0.15) is 11.3 Å². The maximum atomic E-state index is 14.3. The third kappa shape index (κ3) is 5.21. The highest BCUT2D eigenvalue weighted by Crippen LogP contribution is 2.37. The van der Waals surface area contributed by atoms with Crippen molar-refractivity contribution in [1.29, 1.82) is 5.26 Å². The molecule has 3 heterocycles. The first-order valence-electron chi connectivity index (χ1n) is 12.9. The molecular formula is C29H27F3N6O3. The van der Waals surface area contributed by atoms with Crippen molar-refractivity contribution in [3.63, 3.8) is 0 Å². The lowest BCUT2D eigenvalue weighted by Gasteiger charge is -2.39. The van der Waals surface area contributed by atoms with Gasteiger partial charge in [-0.3, -0.25) is 9.69 Å². The molecule has 1 aliphatic heterocycles. The smallest absolute Gasteiger partial charge is 0.433 e. The molecule has 0 spiro atoms. The number of carbonyl (C=O) groups excluding carboxylic acids is 1. The lowest BCUT2D eigenvalue weighted by molar-refractivity contribution is -0.143. The number of benzene rings is 2. The molecule has 1 fully saturated rings. The van der Waals surface area contributed by atoms with Gasteiger partial charge in [0.25, 0.3) is 5.91 Å². The summed E-state index contributed by atoms with van der Waals surface area (Å²) in [5.41, 5.74) is 0.365. The Morgan fingerprint density at radius 1 is 1.12 bits per heavy atom. The molecule has 1 atom stereocenters. The number of amides is 1. The van der Waals surface area contributed by atoms with Crippen LogP contribution in [-0.4, -0.2) is 75.3 Å². The summed E-state index contributed by atoms with van der Waals surface area (Å²) >= 11 is 0. The Morgan fingerprint density at radius 2 is 1.80 bits per heavy atom. The van der Waals surface area contributed by atoms with Crippen LogP contribution in [0.1, 0.15) is 38.8 Å². The summed E-state index contributed by atoms with van der Waals surface area (Å²) in [7, 11) is 1.49. The lowest BCUT2D eigenvalue weighted by atomic mass is 9.99. The number of hydrogen-bond acceptors (Lipinski definition) is 7. The third-order valence-electron chi connectivity index (χ3n) is 7.40. The first-order chi connectivity index (χ1) is 19.7. The second-order valence-electron chi connectivity index (χ2n) is 9.68. The van der Waals surface area contributed by atoms with E-state index in [1.54, 1.807) is 53.4 Å². The number of fused-ring (bicyclic) bond motifs is 1. The summed E-state index contributed by atoms with van der Waals surface area (Å²) in [6.45, 7) is 2.45. The van der Waals surface area contributed by atoms with Crippen molar-refractivity contribution in [2.75, 3.05) is 39.9 Å². The zero-order valence-corrected chi connectivity index (χ0v) is 22.4. The van der Waals surface area contributed by atoms with Gasteiger partial charge in [0.15, 0.2) is 11.3 Å². The highest BCUT2D eigenvalue weighted by Gasteiger charge is 2.39. The lowest BCUT2D eigenvalue weighted by Crippen LogP contribution is -2.50. The molecule has 1 N–H and O–H groups in total. The molecule has 0 aliphatic carbocycles. The largest absolute Gasteiger partial charge is 0.497 e. The number of aliphatic hydroxyl groups is 1. The minimum absolute atomic E-state index is 0.0350. The second kappa shape index (κ2) is 11.2. The molecule has 5 rings (SSSR count). The number of nitriles is 1. The number of aromatic nitrogens is 3. The summed E-state index contributed by atoms with van der Waals surface area (Å²) in [5.74, 6) is 0.0604. The Labute approximate surface area is 234 Å². The van der Waals surface area contributed by atoms with Crippen LogP contribution >= 0.6 is 0 Å². The molecule has 41 heavy (non-hydrogen) atoms. The molecule has 2 aromatic carbocycles. The number of aliphatic hydroxyl groups excluding tert-OH is 1. The van der Waals surface area contributed by atoms with Gasteiger partial charge >= 0.3 is 6.18 Å². The van der Waals surface area contributed by atoms with Crippen molar-refractivity contribution in [3.8, 4) is 23.1 Å². The van der Waals surface area contributed by atoms with Gasteiger partial charge in [-0.15, -0.1) is 0 Å². The van der Waals surface area contributed by atoms with E-state index in [4.69, 9.17) is 4.74 Å². The monoisotopic (exact) mass is 564 g/mol. The van der Waals surface area contributed by atoms with Crippen molar-refractivity contribution in [1.82, 2.24) is 24.4 Å². The zero-order valence-electron chi connectivity index (χ0n) is 22.4. The number of rotatable bonds is 6. The van der Waals surface area contributed by atoms with Gasteiger partial charge in [0.05, 0.1) is 43.3 Å². The van der Waals surface area contributed by atoms with Crippen molar-refractivity contribution in [2.45, 2.75) is 19.1 Å². The first kappa shape index (κ1) is 28.1. The van der Waals surface area contributed by atoms with E-state index in [1.165, 1.54) is 14.0 Å². The molecule has 2 aromatic heterocycles. The summed E-state index contributed by atoms with van der Waals surface area (Å²) in [5, 5.41) is 23.5. The van der Waals surface area contributed by atoms with Crippen LogP contribution in [0.4, 0.5) is 13.2 Å². The molecule has 12 heteroatoms. The summed E-state index contributed by atoms with van der Waals surface area (Å²) in [4.78, 5) is 21.6. The standard InChI is InChI=1S/C29H27F3N6O3/c1-18-25(19-7-9-21(41-2)10-8-19)35-27-23(16-34-38(27)26(18)29(30,31)32)28(40)37-13-11-36(12-14-37)24(17-39)22-6-4-3-5-20(22)15-33/h3-10,16,24,39H,11-14,17H2,1-2H3/t24-/m0/s1. The maximum Gasteiger partial charge on any atom is 0.433 e. The van der Waals surface area contributed by atoms with Crippen LogP contribution in [0.2, 0.25) is 0 Å². The predicted molar refractivity (Wildman–Crippen MR) is 143 cm³/mol. The van der Waals surface area contributed by atoms with Crippen molar-refractivity contribution in [3.05, 3.63) is 82.7 Å². The molecule has 0 bridgehead atoms. The molecule has 4 aromatic rings. The van der Waals surface area contributed by atoms with Gasteiger partial charge in [0, 0.05) is 37.3 Å². The van der Waals surface area contributed by atoms with Crippen LogP contribution in [0.15, 0.2) is 54.7 Å². The number of carbonyl (C=O) groups is 1. The molecule has 1 aliphatic rings. The van der Waals surface area contributed by atoms with Crippen LogP contribution < -0.4 is 4.74 Å². The minimum atomic E-state index is -4.75. The molecule has 1 saturated heterocycles. The van der Waals surface area contributed by atoms with Crippen molar-refractivity contribution < 1.29 is 27.8 Å². The van der Waals surface area contributed by atoms with Crippen LogP contribution in [0, 0.1) is 18.3 Å². The predicted octanol–water partition coefficient (Wildman–Crippen LogP) is 4.10. The Balaban J connectivity index is 1.46. The van der Waals surface area contributed by atoms with E-state index in [2.05, 4.69) is 16.2 Å². The van der Waals surface area contributed by atoms with Gasteiger partial charge < -0.3 is 14.7 Å². The van der Waals surface area contributed by atoms with Crippen LogP contribution in [-0.2, 0) is 6.18 Å². The number of piperazine rings is 1. The number of methoxy groups -OCH3 is 1. The number of alkyl halides is 3. The molecule has 212 valence electrons. The molecule has 0 saturated carbocycles. The van der Waals surface area contributed by atoms with E-state index in [9.17, 15) is 28.3 Å². The van der Waals surface area contributed by atoms with E-state index >= 15 is 0 Å². The minimum Gasteiger partial charge on any atom is -0.497 e. The summed E-state index contributed by atoms with van der Waals surface area (Å²) < 4.78 is 48.6. The fourth-order valence-electron chi connectivity index (χ4n) is 5.29. The highest BCUT2D eigenvalue weighted by molar-refractivity contribution is 6.00. The highest BCUT2D eigenvalue weighted by atomic mass is 19.4. The Kier molecular flexibility index (Phi) is 7.66. The summed E-state index contributed by atoms with van der Waals surface area (Å²) in [6, 6.07) is 15.2. The topological polar surface area (TPSA) is 107 Å². The normalized spacial score (nSPS) is 15.1. The van der Waals surface area contributed by atoms with Crippen LogP contribution in [0.3, 0.4) is 0 Å². The second-order valence-corrected chi connectivity index (χ2v) is 9.68.